The second-order valence-electron chi connectivity index (χ2n) is 4.78. The number of rotatable bonds is 3. The van der Waals surface area contributed by atoms with Crippen LogP contribution in [0.4, 0.5) is 5.82 Å². The van der Waals surface area contributed by atoms with Crippen LogP contribution in [0.2, 0.25) is 10.2 Å². The van der Waals surface area contributed by atoms with Gasteiger partial charge in [-0.15, -0.1) is 0 Å². The maximum Gasteiger partial charge on any atom is 0.251 e. The summed E-state index contributed by atoms with van der Waals surface area (Å²) in [6.45, 7) is 0. The second kappa shape index (κ2) is 5.94. The molecule has 1 amide bonds. The summed E-state index contributed by atoms with van der Waals surface area (Å²) < 4.78 is 0. The monoisotopic (exact) mass is 302 g/mol. The molecule has 1 aliphatic rings. The standard InChI is InChI=1S/C12H16Cl2N4O/c13-9-5-8(11(16)19)10(14)18-12(9)17-7-3-1-6(15)2-4-7/h5-7H,1-4,15H2,(H2,16,19)(H,17,18)/t6-,7-. The van der Waals surface area contributed by atoms with Crippen LogP contribution in [-0.2, 0) is 0 Å². The Hall–Kier alpha value is -1.04. The number of halogens is 2. The highest BCUT2D eigenvalue weighted by molar-refractivity contribution is 6.36. The molecule has 0 atom stereocenters. The van der Waals surface area contributed by atoms with E-state index in [4.69, 9.17) is 34.7 Å². The van der Waals surface area contributed by atoms with E-state index >= 15 is 0 Å². The first-order valence-corrected chi connectivity index (χ1v) is 6.91. The summed E-state index contributed by atoms with van der Waals surface area (Å²) in [5, 5.41) is 3.64. The molecule has 5 nitrogen and oxygen atoms in total. The Bertz CT molecular complexity index is 487. The van der Waals surface area contributed by atoms with Gasteiger partial charge in [0.25, 0.3) is 5.91 Å². The Morgan fingerprint density at radius 1 is 1.32 bits per heavy atom. The average Bonchev–Trinajstić information content (AvgIpc) is 2.35. The highest BCUT2D eigenvalue weighted by Gasteiger charge is 2.20. The number of carbonyl (C=O) groups excluding carboxylic acids is 1. The van der Waals surface area contributed by atoms with Crippen molar-refractivity contribution in [3.05, 3.63) is 21.8 Å². The van der Waals surface area contributed by atoms with Crippen LogP contribution in [0.5, 0.6) is 0 Å². The number of nitrogens with one attached hydrogen (secondary N) is 1. The van der Waals surface area contributed by atoms with E-state index < -0.39 is 5.91 Å². The fourth-order valence-electron chi connectivity index (χ4n) is 2.20. The third-order valence-electron chi connectivity index (χ3n) is 3.31. The third kappa shape index (κ3) is 3.49. The molecule has 2 rings (SSSR count). The van der Waals surface area contributed by atoms with Crippen LogP contribution in [0, 0.1) is 0 Å². The van der Waals surface area contributed by atoms with E-state index in [-0.39, 0.29) is 22.8 Å². The van der Waals surface area contributed by atoms with E-state index in [1.54, 1.807) is 0 Å². The fourth-order valence-corrected chi connectivity index (χ4v) is 2.64. The number of pyridine rings is 1. The van der Waals surface area contributed by atoms with E-state index in [0.717, 1.165) is 25.7 Å². The maximum absolute atomic E-state index is 11.1. The fraction of sp³-hybridized carbons (Fsp3) is 0.500. The minimum Gasteiger partial charge on any atom is -0.366 e. The number of nitrogens with zero attached hydrogens (tertiary/aromatic N) is 1. The van der Waals surface area contributed by atoms with Crippen molar-refractivity contribution >= 4 is 34.9 Å². The summed E-state index contributed by atoms with van der Waals surface area (Å²) in [7, 11) is 0. The number of anilines is 1. The van der Waals surface area contributed by atoms with Crippen LogP contribution in [0.15, 0.2) is 6.07 Å². The number of carbonyl (C=O) groups is 1. The van der Waals surface area contributed by atoms with E-state index in [2.05, 4.69) is 10.3 Å². The summed E-state index contributed by atoms with van der Waals surface area (Å²) >= 11 is 12.0. The van der Waals surface area contributed by atoms with Gasteiger partial charge in [0.15, 0.2) is 0 Å². The number of hydrogen-bond donors (Lipinski definition) is 3. The van der Waals surface area contributed by atoms with Gasteiger partial charge in [-0.05, 0) is 31.7 Å². The largest absolute Gasteiger partial charge is 0.366 e. The molecule has 104 valence electrons. The van der Waals surface area contributed by atoms with Gasteiger partial charge in [-0.25, -0.2) is 4.98 Å². The second-order valence-corrected chi connectivity index (χ2v) is 5.54. The number of hydrogen-bond acceptors (Lipinski definition) is 4. The van der Waals surface area contributed by atoms with Gasteiger partial charge in [-0.3, -0.25) is 4.79 Å². The lowest BCUT2D eigenvalue weighted by Gasteiger charge is -2.27. The molecule has 0 radical (unpaired) electrons. The first-order chi connectivity index (χ1) is 8.97. The minimum atomic E-state index is -0.644. The van der Waals surface area contributed by atoms with Crippen molar-refractivity contribution in [1.82, 2.24) is 4.98 Å². The zero-order chi connectivity index (χ0) is 14.0. The van der Waals surface area contributed by atoms with Crippen molar-refractivity contribution in [3.8, 4) is 0 Å². The van der Waals surface area contributed by atoms with Crippen molar-refractivity contribution in [1.29, 1.82) is 0 Å². The van der Waals surface area contributed by atoms with Crippen LogP contribution in [0.3, 0.4) is 0 Å². The highest BCUT2D eigenvalue weighted by Crippen LogP contribution is 2.28. The van der Waals surface area contributed by atoms with Crippen molar-refractivity contribution in [2.24, 2.45) is 11.5 Å². The summed E-state index contributed by atoms with van der Waals surface area (Å²) in [5.74, 6) is -0.160. The molecule has 1 aliphatic carbocycles. The topological polar surface area (TPSA) is 94.0 Å². The molecule has 1 saturated carbocycles. The molecule has 0 aromatic carbocycles. The predicted octanol–water partition coefficient (Wildman–Crippen LogP) is 2.17. The molecule has 1 aromatic rings. The third-order valence-corrected chi connectivity index (χ3v) is 3.88. The van der Waals surface area contributed by atoms with Crippen LogP contribution < -0.4 is 16.8 Å². The number of amides is 1. The highest BCUT2D eigenvalue weighted by atomic mass is 35.5. The summed E-state index contributed by atoms with van der Waals surface area (Å²) in [4.78, 5) is 15.2. The van der Waals surface area contributed by atoms with Gasteiger partial charge in [0, 0.05) is 12.1 Å². The summed E-state index contributed by atoms with van der Waals surface area (Å²) in [5.41, 5.74) is 11.2. The number of primary amides is 1. The summed E-state index contributed by atoms with van der Waals surface area (Å²) in [6, 6.07) is 2.00. The Morgan fingerprint density at radius 3 is 2.53 bits per heavy atom. The Morgan fingerprint density at radius 2 is 1.95 bits per heavy atom. The molecule has 0 saturated heterocycles. The SMILES string of the molecule is NC(=O)c1cc(Cl)c(N[C@H]2CC[C@H](N)CC2)nc1Cl. The minimum absolute atomic E-state index is 0.0620. The van der Waals surface area contributed by atoms with Crippen LogP contribution in [0.25, 0.3) is 0 Å². The lowest BCUT2D eigenvalue weighted by molar-refractivity contribution is 0.1000. The smallest absolute Gasteiger partial charge is 0.251 e. The Labute approximate surface area is 121 Å². The molecule has 0 aliphatic heterocycles. The van der Waals surface area contributed by atoms with Crippen LogP contribution in [-0.4, -0.2) is 23.0 Å². The van der Waals surface area contributed by atoms with Gasteiger partial charge in [-0.1, -0.05) is 23.2 Å². The number of nitrogens with two attached hydrogens (primary N) is 2. The van der Waals surface area contributed by atoms with Gasteiger partial charge >= 0.3 is 0 Å². The van der Waals surface area contributed by atoms with E-state index in [9.17, 15) is 4.79 Å². The predicted molar refractivity (Wildman–Crippen MR) is 76.6 cm³/mol. The molecular weight excluding hydrogens is 287 g/mol. The molecule has 1 aromatic heterocycles. The van der Waals surface area contributed by atoms with Crippen molar-refractivity contribution in [2.45, 2.75) is 37.8 Å². The molecular formula is C12H16Cl2N4O. The molecule has 0 spiro atoms. The van der Waals surface area contributed by atoms with E-state index in [0.29, 0.717) is 10.8 Å². The molecule has 0 bridgehead atoms. The van der Waals surface area contributed by atoms with Gasteiger partial charge in [0.2, 0.25) is 0 Å². The molecule has 7 heteroatoms. The van der Waals surface area contributed by atoms with Crippen LogP contribution >= 0.6 is 23.2 Å². The van der Waals surface area contributed by atoms with Crippen molar-refractivity contribution < 1.29 is 4.79 Å². The normalized spacial score (nSPS) is 23.1. The quantitative estimate of drug-likeness (QED) is 0.746. The van der Waals surface area contributed by atoms with Crippen molar-refractivity contribution in [3.63, 3.8) is 0 Å². The van der Waals surface area contributed by atoms with Crippen LogP contribution in [0.1, 0.15) is 36.0 Å². The van der Waals surface area contributed by atoms with E-state index in [1.807, 2.05) is 0 Å². The molecule has 0 unspecified atom stereocenters. The van der Waals surface area contributed by atoms with Gasteiger partial charge < -0.3 is 16.8 Å². The van der Waals surface area contributed by atoms with Gasteiger partial charge in [0.05, 0.1) is 10.6 Å². The molecule has 1 fully saturated rings. The molecule has 1 heterocycles. The lowest BCUT2D eigenvalue weighted by Crippen LogP contribution is -2.33. The Balaban J connectivity index is 2.13. The maximum atomic E-state index is 11.1. The zero-order valence-electron chi connectivity index (χ0n) is 10.3. The van der Waals surface area contributed by atoms with E-state index in [1.165, 1.54) is 6.07 Å². The summed E-state index contributed by atoms with van der Waals surface area (Å²) in [6.07, 6.45) is 3.88. The first kappa shape index (κ1) is 14.4. The first-order valence-electron chi connectivity index (χ1n) is 6.15. The average molecular weight is 303 g/mol. The zero-order valence-corrected chi connectivity index (χ0v) is 11.8. The Kier molecular flexibility index (Phi) is 4.50. The molecule has 19 heavy (non-hydrogen) atoms. The number of aromatic nitrogens is 1. The van der Waals surface area contributed by atoms with Crippen molar-refractivity contribution in [2.75, 3.05) is 5.32 Å². The van der Waals surface area contributed by atoms with Gasteiger partial charge in [-0.2, -0.15) is 0 Å². The van der Waals surface area contributed by atoms with Gasteiger partial charge in [0.1, 0.15) is 11.0 Å². The molecule has 5 N–H and O–H groups in total. The lowest BCUT2D eigenvalue weighted by atomic mass is 9.92.